The van der Waals surface area contributed by atoms with Gasteiger partial charge in [-0.3, -0.25) is 4.98 Å². The van der Waals surface area contributed by atoms with Gasteiger partial charge in [0.1, 0.15) is 0 Å². The fourth-order valence-corrected chi connectivity index (χ4v) is 2.03. The molecule has 7 nitrogen and oxygen atoms in total. The van der Waals surface area contributed by atoms with Crippen LogP contribution in [0.1, 0.15) is 31.7 Å². The van der Waals surface area contributed by atoms with Crippen LogP contribution in [0.3, 0.4) is 0 Å². The molecule has 3 rings (SSSR count). The van der Waals surface area contributed by atoms with E-state index in [4.69, 9.17) is 4.42 Å². The molecule has 9 heteroatoms. The summed E-state index contributed by atoms with van der Waals surface area (Å²) in [5.41, 5.74) is 0.888. The minimum atomic E-state index is -2.81. The number of aromatic nitrogens is 5. The number of hydrogen-bond donors (Lipinski definition) is 1. The van der Waals surface area contributed by atoms with Gasteiger partial charge in [0, 0.05) is 24.8 Å². The summed E-state index contributed by atoms with van der Waals surface area (Å²) in [6.07, 6.45) is 3.50. The van der Waals surface area contributed by atoms with Crippen molar-refractivity contribution in [3.05, 3.63) is 48.4 Å². The van der Waals surface area contributed by atoms with E-state index in [0.29, 0.717) is 11.5 Å². The van der Waals surface area contributed by atoms with Crippen molar-refractivity contribution in [2.75, 3.05) is 5.32 Å². The van der Waals surface area contributed by atoms with Crippen LogP contribution >= 0.6 is 0 Å². The monoisotopic (exact) mass is 332 g/mol. The molecule has 0 atom stereocenters. The number of nitrogens with one attached hydrogen (secondary N) is 1. The van der Waals surface area contributed by atoms with E-state index in [2.05, 4.69) is 30.5 Å². The summed E-state index contributed by atoms with van der Waals surface area (Å²) in [5.74, 6) is -0.408. The third-order valence-electron chi connectivity index (χ3n) is 3.33. The Morgan fingerprint density at radius 1 is 1.12 bits per heavy atom. The first-order valence-electron chi connectivity index (χ1n) is 7.08. The number of hydrogen-bond acceptors (Lipinski definition) is 7. The van der Waals surface area contributed by atoms with E-state index in [0.717, 1.165) is 5.56 Å². The fourth-order valence-electron chi connectivity index (χ4n) is 2.03. The standard InChI is InChI=1S/C15H14F2N6O/c1-15(2,10-4-3-5-18-8-10)21-14-19-6-9(7-20-14)12-22-23-13(24-12)11(16)17/h3-8,11H,1-2H3,(H,19,20,21). The zero-order valence-corrected chi connectivity index (χ0v) is 12.9. The van der Waals surface area contributed by atoms with Gasteiger partial charge in [0.15, 0.2) is 0 Å². The number of alkyl halides is 2. The second-order valence-corrected chi connectivity index (χ2v) is 5.53. The summed E-state index contributed by atoms with van der Waals surface area (Å²) in [7, 11) is 0. The minimum absolute atomic E-state index is 0.0524. The highest BCUT2D eigenvalue weighted by molar-refractivity contribution is 5.50. The molecule has 0 spiro atoms. The maximum absolute atomic E-state index is 12.5. The zero-order chi connectivity index (χ0) is 17.2. The van der Waals surface area contributed by atoms with Crippen LogP contribution in [0.5, 0.6) is 0 Å². The quantitative estimate of drug-likeness (QED) is 0.767. The van der Waals surface area contributed by atoms with Gasteiger partial charge in [0.25, 0.3) is 11.8 Å². The molecular weight excluding hydrogens is 318 g/mol. The lowest BCUT2D eigenvalue weighted by atomic mass is 9.96. The third kappa shape index (κ3) is 3.34. The second-order valence-electron chi connectivity index (χ2n) is 5.53. The Kier molecular flexibility index (Phi) is 4.15. The van der Waals surface area contributed by atoms with Gasteiger partial charge in [-0.05, 0) is 25.5 Å². The molecule has 0 saturated carbocycles. The van der Waals surface area contributed by atoms with Gasteiger partial charge in [0.2, 0.25) is 5.95 Å². The van der Waals surface area contributed by atoms with Crippen molar-refractivity contribution in [3.8, 4) is 11.5 Å². The van der Waals surface area contributed by atoms with Crippen LogP contribution in [-0.4, -0.2) is 25.1 Å². The van der Waals surface area contributed by atoms with Gasteiger partial charge in [-0.15, -0.1) is 10.2 Å². The maximum atomic E-state index is 12.5. The molecule has 124 valence electrons. The summed E-state index contributed by atoms with van der Waals surface area (Å²) in [5, 5.41) is 10.0. The Hall–Kier alpha value is -2.97. The highest BCUT2D eigenvalue weighted by atomic mass is 19.3. The summed E-state index contributed by atoms with van der Waals surface area (Å²) in [6, 6.07) is 3.79. The van der Waals surface area contributed by atoms with Crippen LogP contribution < -0.4 is 5.32 Å². The predicted molar refractivity (Wildman–Crippen MR) is 81.2 cm³/mol. The van der Waals surface area contributed by atoms with Crippen LogP contribution in [-0.2, 0) is 5.54 Å². The molecule has 0 radical (unpaired) electrons. The first kappa shape index (κ1) is 15.9. The number of anilines is 1. The molecule has 3 aromatic rings. The Bertz CT molecular complexity index is 804. The first-order chi connectivity index (χ1) is 11.5. The molecule has 3 heterocycles. The largest absolute Gasteiger partial charge is 0.415 e. The molecular formula is C15H14F2N6O. The van der Waals surface area contributed by atoms with Crippen LogP contribution in [0.25, 0.3) is 11.5 Å². The van der Waals surface area contributed by atoms with E-state index >= 15 is 0 Å². The van der Waals surface area contributed by atoms with Gasteiger partial charge < -0.3 is 9.73 Å². The van der Waals surface area contributed by atoms with E-state index in [-0.39, 0.29) is 5.89 Å². The molecule has 0 unspecified atom stereocenters. The third-order valence-corrected chi connectivity index (χ3v) is 3.33. The zero-order valence-electron chi connectivity index (χ0n) is 12.9. The summed E-state index contributed by atoms with van der Waals surface area (Å²) < 4.78 is 29.8. The van der Waals surface area contributed by atoms with E-state index in [1.165, 1.54) is 12.4 Å². The maximum Gasteiger partial charge on any atom is 0.314 e. The van der Waals surface area contributed by atoms with Crippen LogP contribution in [0, 0.1) is 0 Å². The SMILES string of the molecule is CC(C)(Nc1ncc(-c2nnc(C(F)F)o2)cn1)c1cccnc1. The van der Waals surface area contributed by atoms with Crippen molar-refractivity contribution in [3.63, 3.8) is 0 Å². The van der Waals surface area contributed by atoms with Crippen molar-refractivity contribution < 1.29 is 13.2 Å². The Morgan fingerprint density at radius 3 is 2.46 bits per heavy atom. The van der Waals surface area contributed by atoms with Gasteiger partial charge in [-0.1, -0.05) is 6.07 Å². The molecule has 0 aliphatic rings. The molecule has 0 aliphatic carbocycles. The van der Waals surface area contributed by atoms with Crippen molar-refractivity contribution in [1.82, 2.24) is 25.1 Å². The number of pyridine rings is 1. The Balaban J connectivity index is 1.77. The highest BCUT2D eigenvalue weighted by Gasteiger charge is 2.22. The fraction of sp³-hybridized carbons (Fsp3) is 0.267. The minimum Gasteiger partial charge on any atom is -0.415 e. The van der Waals surface area contributed by atoms with E-state index < -0.39 is 17.9 Å². The van der Waals surface area contributed by atoms with Crippen molar-refractivity contribution in [2.45, 2.75) is 25.8 Å². The van der Waals surface area contributed by atoms with Crippen LogP contribution in [0.4, 0.5) is 14.7 Å². The summed E-state index contributed by atoms with van der Waals surface area (Å²) in [4.78, 5) is 12.4. The predicted octanol–water partition coefficient (Wildman–Crippen LogP) is 3.21. The average molecular weight is 332 g/mol. The van der Waals surface area contributed by atoms with Gasteiger partial charge >= 0.3 is 6.43 Å². The van der Waals surface area contributed by atoms with E-state index in [9.17, 15) is 8.78 Å². The molecule has 0 bridgehead atoms. The summed E-state index contributed by atoms with van der Waals surface area (Å²) in [6.45, 7) is 3.93. The molecule has 24 heavy (non-hydrogen) atoms. The number of rotatable bonds is 5. The molecule has 3 aromatic heterocycles. The Morgan fingerprint density at radius 2 is 1.88 bits per heavy atom. The van der Waals surface area contributed by atoms with Crippen LogP contribution in [0.2, 0.25) is 0 Å². The molecule has 0 amide bonds. The van der Waals surface area contributed by atoms with E-state index in [1.54, 1.807) is 12.4 Å². The lowest BCUT2D eigenvalue weighted by molar-refractivity contribution is 0.116. The number of nitrogens with zero attached hydrogens (tertiary/aromatic N) is 5. The second kappa shape index (κ2) is 6.26. The average Bonchev–Trinajstić information content (AvgIpc) is 3.06. The highest BCUT2D eigenvalue weighted by Crippen LogP contribution is 2.25. The molecule has 1 N–H and O–H groups in total. The van der Waals surface area contributed by atoms with Gasteiger partial charge in [-0.2, -0.15) is 8.78 Å². The normalized spacial score (nSPS) is 11.7. The van der Waals surface area contributed by atoms with E-state index in [1.807, 2.05) is 26.0 Å². The van der Waals surface area contributed by atoms with Crippen molar-refractivity contribution in [1.29, 1.82) is 0 Å². The van der Waals surface area contributed by atoms with Gasteiger partial charge in [0.05, 0.1) is 11.1 Å². The first-order valence-corrected chi connectivity index (χ1v) is 7.08. The van der Waals surface area contributed by atoms with Crippen LogP contribution in [0.15, 0.2) is 41.3 Å². The number of halogens is 2. The lowest BCUT2D eigenvalue weighted by Crippen LogP contribution is -2.29. The molecule has 0 saturated heterocycles. The topological polar surface area (TPSA) is 89.6 Å². The smallest absolute Gasteiger partial charge is 0.314 e. The summed E-state index contributed by atoms with van der Waals surface area (Å²) >= 11 is 0. The van der Waals surface area contributed by atoms with Gasteiger partial charge in [-0.25, -0.2) is 9.97 Å². The Labute approximate surface area is 136 Å². The van der Waals surface area contributed by atoms with Crippen molar-refractivity contribution in [2.24, 2.45) is 0 Å². The van der Waals surface area contributed by atoms with Crippen molar-refractivity contribution >= 4 is 5.95 Å². The molecule has 0 aromatic carbocycles. The molecule has 0 aliphatic heterocycles. The lowest BCUT2D eigenvalue weighted by Gasteiger charge is -2.26. The molecule has 0 fully saturated rings.